The van der Waals surface area contributed by atoms with Crippen LogP contribution in [0.5, 0.6) is 5.75 Å². The van der Waals surface area contributed by atoms with Gasteiger partial charge in [0.25, 0.3) is 5.91 Å². The van der Waals surface area contributed by atoms with Crippen molar-refractivity contribution in [3.8, 4) is 5.75 Å². The van der Waals surface area contributed by atoms with E-state index in [1.54, 1.807) is 41.3 Å². The summed E-state index contributed by atoms with van der Waals surface area (Å²) in [6.45, 7) is 5.73. The van der Waals surface area contributed by atoms with Crippen LogP contribution in [0.15, 0.2) is 61.2 Å². The molecular weight excluding hydrogens is 750 g/mol. The molecule has 2 aliphatic carbocycles. The summed E-state index contributed by atoms with van der Waals surface area (Å²) in [4.78, 5) is 46.7. The minimum Gasteiger partial charge on any atom is -0.491 e. The molecule has 2 aromatic carbocycles. The van der Waals surface area contributed by atoms with E-state index in [1.807, 2.05) is 18.2 Å². The molecule has 10 rings (SSSR count). The van der Waals surface area contributed by atoms with Gasteiger partial charge in [-0.1, -0.05) is 6.07 Å². The van der Waals surface area contributed by atoms with Crippen molar-refractivity contribution >= 4 is 45.6 Å². The largest absolute Gasteiger partial charge is 0.491 e. The van der Waals surface area contributed by atoms with Crippen LogP contribution < -0.4 is 20.3 Å². The first-order valence-corrected chi connectivity index (χ1v) is 21.6. The molecule has 308 valence electrons. The SMILES string of the molecule is O=C1CCC(c2ccc(N3CCC4(CCC(CN5CCC(n6cc7cc(NC(=O)c8cnn9cccnc89)c(OCC8CC8)cc7n6)CC5)CC4)CC3)cc2F)C(=O)N1. The first-order valence-electron chi connectivity index (χ1n) is 21.6. The maximum atomic E-state index is 15.3. The molecule has 5 fully saturated rings. The van der Waals surface area contributed by atoms with Crippen molar-refractivity contribution in [1.29, 1.82) is 0 Å². The van der Waals surface area contributed by atoms with Crippen LogP contribution in [0.4, 0.5) is 15.8 Å². The van der Waals surface area contributed by atoms with Gasteiger partial charge >= 0.3 is 0 Å². The average molecular weight is 802 g/mol. The Hall–Kier alpha value is -5.37. The first kappa shape index (κ1) is 37.9. The second-order valence-corrected chi connectivity index (χ2v) is 17.8. The summed E-state index contributed by atoms with van der Waals surface area (Å²) in [5.74, 6) is -0.0245. The zero-order valence-corrected chi connectivity index (χ0v) is 33.5. The number of carbonyl (C=O) groups is 3. The van der Waals surface area contributed by atoms with Crippen LogP contribution in [0.1, 0.15) is 105 Å². The Balaban J connectivity index is 0.716. The number of piperidine rings is 3. The van der Waals surface area contributed by atoms with Gasteiger partial charge in [-0.05, 0) is 112 Å². The zero-order chi connectivity index (χ0) is 40.1. The molecule has 3 aliphatic heterocycles. The van der Waals surface area contributed by atoms with E-state index in [4.69, 9.17) is 9.84 Å². The fourth-order valence-corrected chi connectivity index (χ4v) is 10.1. The topological polar surface area (TPSA) is 139 Å². The lowest BCUT2D eigenvalue weighted by Crippen LogP contribution is -2.44. The molecule has 1 atom stereocenters. The molecule has 59 heavy (non-hydrogen) atoms. The van der Waals surface area contributed by atoms with Crippen molar-refractivity contribution in [1.82, 2.24) is 34.6 Å². The lowest BCUT2D eigenvalue weighted by atomic mass is 9.65. The van der Waals surface area contributed by atoms with E-state index in [1.165, 1.54) is 38.5 Å². The Morgan fingerprint density at radius 2 is 1.76 bits per heavy atom. The van der Waals surface area contributed by atoms with E-state index in [0.29, 0.717) is 58.6 Å². The fraction of sp³-hybridized carbons (Fsp3) is 0.511. The number of aromatic nitrogens is 5. The number of halogens is 1. The molecule has 13 nitrogen and oxygen atoms in total. The molecule has 14 heteroatoms. The van der Waals surface area contributed by atoms with Crippen molar-refractivity contribution in [2.24, 2.45) is 17.3 Å². The third kappa shape index (κ3) is 7.91. The highest BCUT2D eigenvalue weighted by Gasteiger charge is 2.39. The highest BCUT2D eigenvalue weighted by Crippen LogP contribution is 2.47. The van der Waals surface area contributed by atoms with Gasteiger partial charge in [-0.15, -0.1) is 0 Å². The Bertz CT molecular complexity index is 2380. The predicted molar refractivity (Wildman–Crippen MR) is 221 cm³/mol. The second kappa shape index (κ2) is 15.7. The molecule has 1 unspecified atom stereocenters. The summed E-state index contributed by atoms with van der Waals surface area (Å²) in [5, 5.41) is 15.7. The number of fused-ring (bicyclic) bond motifs is 2. The van der Waals surface area contributed by atoms with Gasteiger partial charge in [0.05, 0.1) is 36.0 Å². The van der Waals surface area contributed by atoms with Crippen LogP contribution in [-0.4, -0.2) is 86.3 Å². The molecule has 0 radical (unpaired) electrons. The van der Waals surface area contributed by atoms with E-state index >= 15 is 4.39 Å². The lowest BCUT2D eigenvalue weighted by Gasteiger charge is -2.47. The molecule has 3 saturated heterocycles. The van der Waals surface area contributed by atoms with Crippen molar-refractivity contribution < 1.29 is 23.5 Å². The molecule has 3 aromatic heterocycles. The number of hydrogen-bond acceptors (Lipinski definition) is 9. The van der Waals surface area contributed by atoms with Gasteiger partial charge in [-0.25, -0.2) is 13.9 Å². The summed E-state index contributed by atoms with van der Waals surface area (Å²) in [6, 6.07) is 11.3. The minimum absolute atomic E-state index is 0.241. The lowest BCUT2D eigenvalue weighted by molar-refractivity contribution is -0.134. The quantitative estimate of drug-likeness (QED) is 0.145. The number of anilines is 2. The number of carbonyl (C=O) groups excluding carboxylic acids is 3. The Morgan fingerprint density at radius 3 is 2.53 bits per heavy atom. The van der Waals surface area contributed by atoms with Crippen molar-refractivity contribution in [3.05, 3.63) is 78.1 Å². The number of hydrogen-bond donors (Lipinski definition) is 2. The summed E-state index contributed by atoms with van der Waals surface area (Å²) < 4.78 is 25.2. The number of benzene rings is 2. The van der Waals surface area contributed by atoms with Gasteiger partial charge in [0, 0.05) is 80.4 Å². The predicted octanol–water partition coefficient (Wildman–Crippen LogP) is 6.89. The van der Waals surface area contributed by atoms with Crippen LogP contribution in [-0.2, 0) is 9.59 Å². The van der Waals surface area contributed by atoms with Crippen LogP contribution >= 0.6 is 0 Å². The fourth-order valence-electron chi connectivity index (χ4n) is 10.1. The van der Waals surface area contributed by atoms with Gasteiger partial charge in [0.15, 0.2) is 5.65 Å². The monoisotopic (exact) mass is 801 g/mol. The number of likely N-dealkylation sites (tertiary alicyclic amines) is 1. The third-order valence-electron chi connectivity index (χ3n) is 14.0. The molecule has 3 amide bonds. The minimum atomic E-state index is -0.609. The van der Waals surface area contributed by atoms with Gasteiger partial charge in [0.2, 0.25) is 11.8 Å². The molecule has 6 heterocycles. The molecule has 0 bridgehead atoms. The molecular formula is C45H52FN9O4. The molecule has 5 aliphatic rings. The number of nitrogens with one attached hydrogen (secondary N) is 2. The maximum absolute atomic E-state index is 15.3. The normalized spacial score (nSPS) is 22.0. The summed E-state index contributed by atoms with van der Waals surface area (Å²) in [7, 11) is 0. The Kier molecular flexibility index (Phi) is 10.1. The van der Waals surface area contributed by atoms with Crippen LogP contribution in [0.25, 0.3) is 16.6 Å². The van der Waals surface area contributed by atoms with Crippen LogP contribution in [0, 0.1) is 23.1 Å². The van der Waals surface area contributed by atoms with Crippen molar-refractivity contribution in [2.75, 3.05) is 49.5 Å². The standard InChI is InChI=1S/C45H52FN9O4/c46-37-23-33(4-5-34(37)35-6-7-41(56)50-43(35)57)53-20-14-45(15-21-53)12-8-29(9-13-45)26-52-18-10-32(11-19-52)55-27-31-22-39(40(24-38(31)51-55)59-28-30-2-3-30)49-44(58)36-25-48-54-17-1-16-47-42(36)54/h1,4-5,16-17,22-25,27,29-30,32,35H,2-3,6-15,18-21,26,28H2,(H,49,58)(H,50,56,57). The van der Waals surface area contributed by atoms with E-state index in [0.717, 1.165) is 80.9 Å². The van der Waals surface area contributed by atoms with E-state index in [2.05, 4.69) is 41.4 Å². The van der Waals surface area contributed by atoms with Gasteiger partial charge in [0.1, 0.15) is 17.1 Å². The van der Waals surface area contributed by atoms with Crippen LogP contribution in [0.3, 0.4) is 0 Å². The number of rotatable bonds is 10. The highest BCUT2D eigenvalue weighted by molar-refractivity contribution is 6.09. The van der Waals surface area contributed by atoms with Gasteiger partial charge in [-0.2, -0.15) is 10.2 Å². The summed E-state index contributed by atoms with van der Waals surface area (Å²) >= 11 is 0. The van der Waals surface area contributed by atoms with Gasteiger partial charge in [-0.3, -0.25) is 24.4 Å². The number of amides is 3. The van der Waals surface area contributed by atoms with E-state index in [-0.39, 0.29) is 24.1 Å². The smallest absolute Gasteiger partial charge is 0.261 e. The molecule has 5 aromatic rings. The number of imide groups is 1. The Labute approximate surface area is 342 Å². The molecule has 2 saturated carbocycles. The summed E-state index contributed by atoms with van der Waals surface area (Å²) in [6.07, 6.45) is 19.4. The highest BCUT2D eigenvalue weighted by atomic mass is 19.1. The van der Waals surface area contributed by atoms with E-state index in [9.17, 15) is 14.4 Å². The maximum Gasteiger partial charge on any atom is 0.261 e. The third-order valence-corrected chi connectivity index (χ3v) is 14.0. The number of nitrogens with zero attached hydrogens (tertiary/aromatic N) is 7. The van der Waals surface area contributed by atoms with Crippen molar-refractivity contribution in [3.63, 3.8) is 0 Å². The Morgan fingerprint density at radius 1 is 0.949 bits per heavy atom. The number of ether oxygens (including phenoxy) is 1. The van der Waals surface area contributed by atoms with Crippen molar-refractivity contribution in [2.45, 2.75) is 89.0 Å². The zero-order valence-electron chi connectivity index (χ0n) is 33.5. The van der Waals surface area contributed by atoms with E-state index < -0.39 is 11.8 Å². The first-order chi connectivity index (χ1) is 28.8. The van der Waals surface area contributed by atoms with Crippen LogP contribution in [0.2, 0.25) is 0 Å². The molecule has 1 spiro atoms. The molecule has 2 N–H and O–H groups in total. The second-order valence-electron chi connectivity index (χ2n) is 17.8. The summed E-state index contributed by atoms with van der Waals surface area (Å²) in [5.41, 5.74) is 4.04. The van der Waals surface area contributed by atoms with Gasteiger partial charge < -0.3 is 19.9 Å². The average Bonchev–Trinajstić information content (AvgIpc) is 3.83.